The molecule has 1 fully saturated rings. The summed E-state index contributed by atoms with van der Waals surface area (Å²) in [6.07, 6.45) is 2.24. The molecule has 0 saturated carbocycles. The van der Waals surface area contributed by atoms with E-state index >= 15 is 0 Å². The lowest BCUT2D eigenvalue weighted by Crippen LogP contribution is -2.37. The molecular formula is C10H16N4O. The van der Waals surface area contributed by atoms with Crippen molar-refractivity contribution in [2.75, 3.05) is 25.5 Å². The number of aromatic amines is 1. The molecule has 0 atom stereocenters. The molecule has 1 aromatic heterocycles. The number of piperidine rings is 1. The van der Waals surface area contributed by atoms with E-state index in [0.29, 0.717) is 6.04 Å². The molecule has 0 unspecified atom stereocenters. The summed E-state index contributed by atoms with van der Waals surface area (Å²) in [5, 5.41) is 9.67. The predicted octanol–water partition coefficient (Wildman–Crippen LogP) is 0.276. The number of aromatic nitrogens is 2. The van der Waals surface area contributed by atoms with E-state index in [2.05, 4.69) is 27.5 Å². The molecule has 5 nitrogen and oxygen atoms in total. The number of likely N-dealkylation sites (tertiary alicyclic amines) is 1. The van der Waals surface area contributed by atoms with Gasteiger partial charge in [-0.15, -0.1) is 0 Å². The van der Waals surface area contributed by atoms with Gasteiger partial charge in [0, 0.05) is 12.1 Å². The Kier molecular flexibility index (Phi) is 3.01. The highest BCUT2D eigenvalue weighted by molar-refractivity contribution is 5.32. The minimum Gasteiger partial charge on any atom is -0.366 e. The van der Waals surface area contributed by atoms with Crippen molar-refractivity contribution in [2.45, 2.75) is 18.9 Å². The average Bonchev–Trinajstić information content (AvgIpc) is 2.25. The molecule has 2 rings (SSSR count). The second-order valence-electron chi connectivity index (χ2n) is 4.03. The van der Waals surface area contributed by atoms with E-state index in [1.165, 1.54) is 6.07 Å². The normalized spacial score (nSPS) is 19.0. The van der Waals surface area contributed by atoms with Crippen LogP contribution < -0.4 is 10.9 Å². The summed E-state index contributed by atoms with van der Waals surface area (Å²) in [4.78, 5) is 13.1. The molecule has 82 valence electrons. The third kappa shape index (κ3) is 2.79. The first-order valence-corrected chi connectivity index (χ1v) is 5.25. The van der Waals surface area contributed by atoms with Crippen LogP contribution in [0.2, 0.25) is 0 Å². The third-order valence-corrected chi connectivity index (χ3v) is 2.75. The molecule has 0 aliphatic carbocycles. The number of rotatable bonds is 2. The molecule has 2 heterocycles. The third-order valence-electron chi connectivity index (χ3n) is 2.75. The summed E-state index contributed by atoms with van der Waals surface area (Å²) < 4.78 is 0. The zero-order valence-corrected chi connectivity index (χ0v) is 8.86. The van der Waals surface area contributed by atoms with E-state index in [1.54, 1.807) is 6.07 Å². The number of hydrogen-bond acceptors (Lipinski definition) is 4. The zero-order chi connectivity index (χ0) is 10.7. The standard InChI is InChI=1S/C10H16N4O/c1-14-6-4-8(5-7-14)11-9-2-3-10(15)13-12-9/h2-3,8H,4-7H2,1H3,(H,11,12)(H,13,15). The van der Waals surface area contributed by atoms with Gasteiger partial charge in [0.15, 0.2) is 0 Å². The summed E-state index contributed by atoms with van der Waals surface area (Å²) >= 11 is 0. The lowest BCUT2D eigenvalue weighted by atomic mass is 10.1. The Balaban J connectivity index is 1.92. The maximum atomic E-state index is 10.8. The molecule has 1 aromatic rings. The van der Waals surface area contributed by atoms with Crippen LogP contribution in [0, 0.1) is 0 Å². The van der Waals surface area contributed by atoms with E-state index in [1.807, 2.05) is 0 Å². The van der Waals surface area contributed by atoms with Crippen molar-refractivity contribution in [1.29, 1.82) is 0 Å². The smallest absolute Gasteiger partial charge is 0.264 e. The summed E-state index contributed by atoms with van der Waals surface area (Å²) in [7, 11) is 2.13. The zero-order valence-electron chi connectivity index (χ0n) is 8.86. The van der Waals surface area contributed by atoms with Crippen molar-refractivity contribution in [3.63, 3.8) is 0 Å². The lowest BCUT2D eigenvalue weighted by molar-refractivity contribution is 0.263. The highest BCUT2D eigenvalue weighted by Crippen LogP contribution is 2.12. The molecule has 1 aliphatic heterocycles. The largest absolute Gasteiger partial charge is 0.366 e. The van der Waals surface area contributed by atoms with E-state index < -0.39 is 0 Å². The minimum atomic E-state index is -0.163. The molecule has 2 N–H and O–H groups in total. The van der Waals surface area contributed by atoms with E-state index in [-0.39, 0.29) is 5.56 Å². The molecule has 0 radical (unpaired) electrons. The first-order chi connectivity index (χ1) is 7.24. The van der Waals surface area contributed by atoms with E-state index in [9.17, 15) is 4.79 Å². The summed E-state index contributed by atoms with van der Waals surface area (Å²) in [5.74, 6) is 0.754. The predicted molar refractivity (Wildman–Crippen MR) is 59.0 cm³/mol. The molecule has 1 saturated heterocycles. The van der Waals surface area contributed by atoms with Crippen molar-refractivity contribution in [3.05, 3.63) is 22.5 Å². The van der Waals surface area contributed by atoms with Crippen molar-refractivity contribution in [1.82, 2.24) is 15.1 Å². The fourth-order valence-corrected chi connectivity index (χ4v) is 1.79. The van der Waals surface area contributed by atoms with Gasteiger partial charge in [0.2, 0.25) is 0 Å². The van der Waals surface area contributed by atoms with E-state index in [0.717, 1.165) is 31.7 Å². The minimum absolute atomic E-state index is 0.163. The fraction of sp³-hybridized carbons (Fsp3) is 0.600. The van der Waals surface area contributed by atoms with Gasteiger partial charge in [-0.2, -0.15) is 5.10 Å². The fourth-order valence-electron chi connectivity index (χ4n) is 1.79. The average molecular weight is 208 g/mol. The van der Waals surface area contributed by atoms with Gasteiger partial charge in [-0.25, -0.2) is 5.10 Å². The Labute approximate surface area is 88.5 Å². The molecular weight excluding hydrogens is 192 g/mol. The highest BCUT2D eigenvalue weighted by atomic mass is 16.1. The Bertz CT molecular complexity index is 347. The molecule has 0 spiro atoms. The van der Waals surface area contributed by atoms with Gasteiger partial charge >= 0.3 is 0 Å². The molecule has 0 bridgehead atoms. The maximum Gasteiger partial charge on any atom is 0.264 e. The Morgan fingerprint density at radius 1 is 1.47 bits per heavy atom. The van der Waals surface area contributed by atoms with Gasteiger partial charge in [0.25, 0.3) is 5.56 Å². The van der Waals surface area contributed by atoms with Gasteiger partial charge < -0.3 is 10.2 Å². The first kappa shape index (κ1) is 10.2. The topological polar surface area (TPSA) is 61.0 Å². The van der Waals surface area contributed by atoms with Gasteiger partial charge in [-0.3, -0.25) is 4.79 Å². The maximum absolute atomic E-state index is 10.8. The number of nitrogens with zero attached hydrogens (tertiary/aromatic N) is 2. The molecule has 15 heavy (non-hydrogen) atoms. The van der Waals surface area contributed by atoms with Gasteiger partial charge in [-0.1, -0.05) is 0 Å². The van der Waals surface area contributed by atoms with Crippen molar-refractivity contribution >= 4 is 5.82 Å². The summed E-state index contributed by atoms with van der Waals surface area (Å²) in [6.45, 7) is 2.22. The van der Waals surface area contributed by atoms with Crippen LogP contribution in [0.3, 0.4) is 0 Å². The molecule has 0 amide bonds. The number of H-pyrrole nitrogens is 1. The van der Waals surface area contributed by atoms with Gasteiger partial charge in [0.05, 0.1) is 0 Å². The van der Waals surface area contributed by atoms with Crippen LogP contribution >= 0.6 is 0 Å². The van der Waals surface area contributed by atoms with E-state index in [4.69, 9.17) is 0 Å². The molecule has 1 aliphatic rings. The number of hydrogen-bond donors (Lipinski definition) is 2. The second kappa shape index (κ2) is 4.44. The van der Waals surface area contributed by atoms with Crippen LogP contribution in [0.25, 0.3) is 0 Å². The number of anilines is 1. The Morgan fingerprint density at radius 3 is 2.80 bits per heavy atom. The summed E-state index contributed by atoms with van der Waals surface area (Å²) in [5.41, 5.74) is -0.163. The van der Waals surface area contributed by atoms with Crippen molar-refractivity contribution in [3.8, 4) is 0 Å². The molecule has 0 aromatic carbocycles. The SMILES string of the molecule is CN1CCC(Nc2ccc(=O)[nH]n2)CC1. The first-order valence-electron chi connectivity index (χ1n) is 5.25. The quantitative estimate of drug-likeness (QED) is 0.732. The van der Waals surface area contributed by atoms with Crippen LogP contribution in [0.1, 0.15) is 12.8 Å². The Hall–Kier alpha value is -1.36. The second-order valence-corrected chi connectivity index (χ2v) is 4.03. The van der Waals surface area contributed by atoms with Crippen LogP contribution in [0.4, 0.5) is 5.82 Å². The number of nitrogens with one attached hydrogen (secondary N) is 2. The van der Waals surface area contributed by atoms with Crippen LogP contribution in [0.15, 0.2) is 16.9 Å². The van der Waals surface area contributed by atoms with Crippen LogP contribution in [-0.2, 0) is 0 Å². The van der Waals surface area contributed by atoms with Crippen molar-refractivity contribution < 1.29 is 0 Å². The van der Waals surface area contributed by atoms with Crippen LogP contribution in [0.5, 0.6) is 0 Å². The van der Waals surface area contributed by atoms with Gasteiger partial charge in [-0.05, 0) is 39.0 Å². The lowest BCUT2D eigenvalue weighted by Gasteiger charge is -2.29. The monoisotopic (exact) mass is 208 g/mol. The highest BCUT2D eigenvalue weighted by Gasteiger charge is 2.16. The van der Waals surface area contributed by atoms with Gasteiger partial charge in [0.1, 0.15) is 5.82 Å². The molecule has 5 heteroatoms. The Morgan fingerprint density at radius 2 is 2.20 bits per heavy atom. The van der Waals surface area contributed by atoms with Crippen molar-refractivity contribution in [2.24, 2.45) is 0 Å². The van der Waals surface area contributed by atoms with Crippen LogP contribution in [-0.4, -0.2) is 41.3 Å². The summed E-state index contributed by atoms with van der Waals surface area (Å²) in [6, 6.07) is 3.68.